The molecule has 96 heavy (non-hydrogen) atoms. The quantitative estimate of drug-likeness (QED) is 0.0169. The van der Waals surface area contributed by atoms with Gasteiger partial charge in [0.05, 0.1) is 26.4 Å². The predicted octanol–water partition coefficient (Wildman–Crippen LogP) is 21.4. The fourth-order valence-electron chi connectivity index (χ4n) is 10.0. The molecule has 0 bridgehead atoms. The molecular formula is C77H136O17P2. The molecule has 0 aliphatic rings. The number of unbranched alkanes of at least 4 members (excludes halogenated alkanes) is 31. The number of phosphoric acid groups is 2. The van der Waals surface area contributed by atoms with E-state index in [0.29, 0.717) is 25.7 Å². The minimum atomic E-state index is -4.98. The van der Waals surface area contributed by atoms with Gasteiger partial charge in [-0.2, -0.15) is 0 Å². The maximum atomic E-state index is 13.1. The van der Waals surface area contributed by atoms with E-state index in [1.165, 1.54) is 89.9 Å². The number of aliphatic hydroxyl groups excluding tert-OH is 1. The van der Waals surface area contributed by atoms with Crippen molar-refractivity contribution in [3.63, 3.8) is 0 Å². The summed E-state index contributed by atoms with van der Waals surface area (Å²) in [5.41, 5.74) is 0. The van der Waals surface area contributed by atoms with Crippen LogP contribution < -0.4 is 0 Å². The topological polar surface area (TPSA) is 237 Å². The lowest BCUT2D eigenvalue weighted by Crippen LogP contribution is -2.30. The van der Waals surface area contributed by atoms with Crippen molar-refractivity contribution in [2.24, 2.45) is 0 Å². The van der Waals surface area contributed by atoms with Gasteiger partial charge < -0.3 is 33.8 Å². The summed E-state index contributed by atoms with van der Waals surface area (Å²) in [7, 11) is -9.95. The maximum absolute atomic E-state index is 13.1. The summed E-state index contributed by atoms with van der Waals surface area (Å²) in [4.78, 5) is 72.8. The van der Waals surface area contributed by atoms with Gasteiger partial charge in [0, 0.05) is 25.7 Å². The van der Waals surface area contributed by atoms with Crippen molar-refractivity contribution in [3.8, 4) is 0 Å². The van der Waals surface area contributed by atoms with E-state index in [1.807, 2.05) is 0 Å². The van der Waals surface area contributed by atoms with Crippen LogP contribution in [0.5, 0.6) is 0 Å². The molecule has 19 heteroatoms. The van der Waals surface area contributed by atoms with Gasteiger partial charge in [0.15, 0.2) is 12.2 Å². The van der Waals surface area contributed by atoms with Gasteiger partial charge in [0.25, 0.3) is 0 Å². The number of ether oxygens (including phenoxy) is 4. The monoisotopic (exact) mass is 1390 g/mol. The van der Waals surface area contributed by atoms with Crippen LogP contribution in [0.25, 0.3) is 0 Å². The van der Waals surface area contributed by atoms with Crippen LogP contribution in [0.1, 0.15) is 323 Å². The molecule has 0 amide bonds. The number of hydrogen-bond acceptors (Lipinski definition) is 15. The van der Waals surface area contributed by atoms with Crippen molar-refractivity contribution in [2.45, 2.75) is 341 Å². The van der Waals surface area contributed by atoms with Crippen LogP contribution in [0.4, 0.5) is 0 Å². The molecule has 0 aromatic rings. The van der Waals surface area contributed by atoms with E-state index in [0.717, 1.165) is 154 Å². The van der Waals surface area contributed by atoms with Crippen LogP contribution in [0.15, 0.2) is 85.1 Å². The minimum Gasteiger partial charge on any atom is -0.462 e. The van der Waals surface area contributed by atoms with Crippen LogP contribution >= 0.6 is 15.6 Å². The van der Waals surface area contributed by atoms with Gasteiger partial charge in [-0.25, -0.2) is 9.13 Å². The first-order valence-corrected chi connectivity index (χ1v) is 40.8. The zero-order chi connectivity index (χ0) is 70.4. The molecule has 0 heterocycles. The van der Waals surface area contributed by atoms with Crippen molar-refractivity contribution in [2.75, 3.05) is 39.6 Å². The second-order valence-corrected chi connectivity index (χ2v) is 28.1. The summed E-state index contributed by atoms with van der Waals surface area (Å²) in [6.45, 7) is 4.67. The third-order valence-electron chi connectivity index (χ3n) is 15.8. The molecule has 3 N–H and O–H groups in total. The zero-order valence-electron chi connectivity index (χ0n) is 60.5. The van der Waals surface area contributed by atoms with E-state index in [1.54, 1.807) is 0 Å². The normalized spacial score (nSPS) is 14.4. The SMILES string of the molecule is CC/C=C\C/C=C\C/C=C\C/C=C\CCCCC(=O)OCC(COP(=O)(O)OCC(O)COP(=O)(O)OCC(COC(=O)CCCCCCC/C=C\CCCCCCCC)OC(=O)CCCCCCC/C=C\CCCCCC)OC(=O)CCCCCCC/C=C\CCCCCC. The average Bonchev–Trinajstić information content (AvgIpc) is 1.14. The van der Waals surface area contributed by atoms with E-state index in [-0.39, 0.29) is 25.7 Å². The maximum Gasteiger partial charge on any atom is 0.472 e. The number of aliphatic hydroxyl groups is 1. The summed E-state index contributed by atoms with van der Waals surface area (Å²) >= 11 is 0. The highest BCUT2D eigenvalue weighted by molar-refractivity contribution is 7.47. The standard InChI is InChI=1S/C77H136O17P2/c1-5-9-13-17-21-25-29-33-35-39-41-45-49-53-57-61-74(79)87-67-72(93-76(81)63-59-55-51-47-43-37-31-27-23-19-15-11-7-3)69-91-95(83,84)89-65-71(78)66-90-96(85,86)92-70-73(94-77(82)64-60-56-52-48-44-38-32-28-24-20-16-12-8-4)68-88-75(80)62-58-54-50-46-42-40-36-34-30-26-22-18-14-10-6-2/h9,13,21,25,27-28,31-36,41,45,71-73,78H,5-8,10-12,14-20,22-24,26,29-30,37-40,42-44,46-70H2,1-4H3,(H,83,84)(H,85,86)/b13-9-,25-21-,31-27-,32-28-,35-33-,36-34-,45-41-. The van der Waals surface area contributed by atoms with Gasteiger partial charge in [-0.15, -0.1) is 0 Å². The molecule has 0 aromatic carbocycles. The van der Waals surface area contributed by atoms with Crippen molar-refractivity contribution in [1.29, 1.82) is 0 Å². The van der Waals surface area contributed by atoms with Crippen molar-refractivity contribution in [3.05, 3.63) is 85.1 Å². The lowest BCUT2D eigenvalue weighted by molar-refractivity contribution is -0.161. The first-order chi connectivity index (χ1) is 46.7. The predicted molar refractivity (Wildman–Crippen MR) is 390 cm³/mol. The zero-order valence-corrected chi connectivity index (χ0v) is 62.3. The third kappa shape index (κ3) is 68.8. The lowest BCUT2D eigenvalue weighted by Gasteiger charge is -2.21. The Bertz CT molecular complexity index is 2160. The molecule has 0 aromatic heterocycles. The number of phosphoric ester groups is 2. The number of esters is 4. The Kier molecular flexibility index (Phi) is 67.0. The summed E-state index contributed by atoms with van der Waals surface area (Å²) in [5.74, 6) is -2.24. The van der Waals surface area contributed by atoms with Crippen LogP contribution in [-0.4, -0.2) is 96.7 Å². The Hall–Kier alpha value is -3.76. The molecule has 0 saturated carbocycles. The Morgan fingerprint density at radius 2 is 0.542 bits per heavy atom. The summed E-state index contributed by atoms with van der Waals surface area (Å²) in [6.07, 6.45) is 70.1. The Morgan fingerprint density at radius 1 is 0.302 bits per heavy atom. The molecule has 0 radical (unpaired) electrons. The number of carbonyl (C=O) groups is 4. The van der Waals surface area contributed by atoms with Gasteiger partial charge in [0.1, 0.15) is 19.3 Å². The van der Waals surface area contributed by atoms with E-state index < -0.39 is 97.5 Å². The minimum absolute atomic E-state index is 0.0763. The summed E-state index contributed by atoms with van der Waals surface area (Å²) in [5, 5.41) is 10.6. The summed E-state index contributed by atoms with van der Waals surface area (Å²) in [6, 6.07) is 0. The fraction of sp³-hybridized carbons (Fsp3) is 0.766. The van der Waals surface area contributed by atoms with Gasteiger partial charge in [-0.1, -0.05) is 241 Å². The molecule has 0 spiro atoms. The Balaban J connectivity index is 5.37. The highest BCUT2D eigenvalue weighted by atomic mass is 31.2. The second-order valence-electron chi connectivity index (χ2n) is 25.2. The molecule has 5 atom stereocenters. The van der Waals surface area contributed by atoms with Crippen LogP contribution in [-0.2, 0) is 65.4 Å². The van der Waals surface area contributed by atoms with Crippen molar-refractivity contribution in [1.82, 2.24) is 0 Å². The van der Waals surface area contributed by atoms with Gasteiger partial charge in [-0.05, 0) is 141 Å². The van der Waals surface area contributed by atoms with Crippen molar-refractivity contribution < 1.29 is 80.2 Å². The first kappa shape index (κ1) is 92.2. The third-order valence-corrected chi connectivity index (χ3v) is 17.7. The van der Waals surface area contributed by atoms with E-state index in [4.69, 9.17) is 37.0 Å². The van der Waals surface area contributed by atoms with Crippen LogP contribution in [0.3, 0.4) is 0 Å². The highest BCUT2D eigenvalue weighted by Crippen LogP contribution is 2.45. The number of carbonyl (C=O) groups excluding carboxylic acids is 4. The largest absolute Gasteiger partial charge is 0.472 e. The molecule has 556 valence electrons. The molecule has 0 aliphatic heterocycles. The summed E-state index contributed by atoms with van der Waals surface area (Å²) < 4.78 is 68.4. The first-order valence-electron chi connectivity index (χ1n) is 37.8. The molecule has 0 aliphatic carbocycles. The van der Waals surface area contributed by atoms with Gasteiger partial charge in [-0.3, -0.25) is 37.3 Å². The average molecular weight is 1400 g/mol. The number of allylic oxidation sites excluding steroid dienone is 14. The molecule has 0 fully saturated rings. The van der Waals surface area contributed by atoms with Gasteiger partial charge >= 0.3 is 39.5 Å². The number of hydrogen-bond donors (Lipinski definition) is 3. The Labute approximate surface area is 583 Å². The van der Waals surface area contributed by atoms with Crippen LogP contribution in [0, 0.1) is 0 Å². The Morgan fingerprint density at radius 3 is 0.875 bits per heavy atom. The van der Waals surface area contributed by atoms with Crippen molar-refractivity contribution >= 4 is 39.5 Å². The van der Waals surface area contributed by atoms with E-state index in [9.17, 15) is 43.2 Å². The molecule has 17 nitrogen and oxygen atoms in total. The second kappa shape index (κ2) is 69.7. The highest BCUT2D eigenvalue weighted by Gasteiger charge is 2.30. The van der Waals surface area contributed by atoms with E-state index in [2.05, 4.69) is 113 Å². The molecule has 5 unspecified atom stereocenters. The molecular weight excluding hydrogens is 1260 g/mol. The molecule has 0 saturated heterocycles. The van der Waals surface area contributed by atoms with Gasteiger partial charge in [0.2, 0.25) is 0 Å². The number of rotatable bonds is 71. The smallest absolute Gasteiger partial charge is 0.462 e. The van der Waals surface area contributed by atoms with E-state index >= 15 is 0 Å². The molecule has 0 rings (SSSR count). The lowest BCUT2D eigenvalue weighted by atomic mass is 10.1. The fourth-order valence-corrected chi connectivity index (χ4v) is 11.6. The van der Waals surface area contributed by atoms with Crippen LogP contribution in [0.2, 0.25) is 0 Å².